The summed E-state index contributed by atoms with van der Waals surface area (Å²) in [6.45, 7) is 1.72. The number of nitrogens with two attached hydrogens (primary N) is 1. The number of nitrogen functional groups attached to an aromatic ring is 1. The fourth-order valence-corrected chi connectivity index (χ4v) is 2.19. The van der Waals surface area contributed by atoms with Crippen LogP contribution in [0.3, 0.4) is 0 Å². The fraction of sp³-hybridized carbons (Fsp3) is 0.100. The molecular formula is C10H9ClN4OS. The van der Waals surface area contributed by atoms with Crippen LogP contribution in [-0.4, -0.2) is 16.0 Å². The highest BCUT2D eigenvalue weighted by molar-refractivity contribution is 7.99. The molecule has 1 aromatic heterocycles. The van der Waals surface area contributed by atoms with Crippen LogP contribution in [0.5, 0.6) is 0 Å². The summed E-state index contributed by atoms with van der Waals surface area (Å²) in [4.78, 5) is 0.778. The normalized spacial score (nSPS) is 10.5. The second kappa shape index (κ2) is 4.77. The Labute approximate surface area is 107 Å². The van der Waals surface area contributed by atoms with Gasteiger partial charge in [0.25, 0.3) is 5.22 Å². The standard InChI is InChI=1S/C10H9ClN4OS/c1-5-14-15-10(16-5)17-8-3-2-6(9(12)13)4-7(8)11/h2-4H,1H3,(H3,12,13). The third-order valence-corrected chi connectivity index (χ3v) is 3.29. The number of amidine groups is 1. The smallest absolute Gasteiger partial charge is 0.281 e. The lowest BCUT2D eigenvalue weighted by molar-refractivity contribution is 0.429. The number of halogens is 1. The van der Waals surface area contributed by atoms with E-state index in [1.54, 1.807) is 25.1 Å². The molecule has 0 saturated heterocycles. The van der Waals surface area contributed by atoms with Gasteiger partial charge in [-0.3, -0.25) is 5.41 Å². The Kier molecular flexibility index (Phi) is 3.35. The van der Waals surface area contributed by atoms with Gasteiger partial charge in [-0.1, -0.05) is 17.7 Å². The van der Waals surface area contributed by atoms with Crippen molar-refractivity contribution in [2.75, 3.05) is 0 Å². The first-order valence-electron chi connectivity index (χ1n) is 4.68. The van der Waals surface area contributed by atoms with E-state index < -0.39 is 0 Å². The lowest BCUT2D eigenvalue weighted by Gasteiger charge is -2.03. The largest absolute Gasteiger partial charge is 0.416 e. The van der Waals surface area contributed by atoms with Gasteiger partial charge < -0.3 is 10.2 Å². The van der Waals surface area contributed by atoms with Crippen molar-refractivity contribution in [3.8, 4) is 0 Å². The molecule has 0 amide bonds. The Morgan fingerprint density at radius 1 is 1.47 bits per heavy atom. The molecule has 0 aliphatic rings. The van der Waals surface area contributed by atoms with Crippen molar-refractivity contribution < 1.29 is 4.42 Å². The van der Waals surface area contributed by atoms with E-state index in [9.17, 15) is 0 Å². The Balaban J connectivity index is 2.25. The molecule has 0 aliphatic heterocycles. The van der Waals surface area contributed by atoms with Crippen molar-refractivity contribution in [2.45, 2.75) is 17.0 Å². The highest BCUT2D eigenvalue weighted by Gasteiger charge is 2.09. The lowest BCUT2D eigenvalue weighted by atomic mass is 10.2. The van der Waals surface area contributed by atoms with Crippen LogP contribution in [0.4, 0.5) is 0 Å². The molecule has 0 atom stereocenters. The van der Waals surface area contributed by atoms with Crippen molar-refractivity contribution in [3.05, 3.63) is 34.7 Å². The molecule has 0 spiro atoms. The van der Waals surface area contributed by atoms with Crippen LogP contribution in [0.25, 0.3) is 0 Å². The quantitative estimate of drug-likeness (QED) is 0.659. The van der Waals surface area contributed by atoms with Crippen LogP contribution in [0.1, 0.15) is 11.5 Å². The predicted molar refractivity (Wildman–Crippen MR) is 65.6 cm³/mol. The van der Waals surface area contributed by atoms with E-state index in [0.29, 0.717) is 21.7 Å². The average Bonchev–Trinajstić information content (AvgIpc) is 2.67. The van der Waals surface area contributed by atoms with Gasteiger partial charge in [0.05, 0.1) is 5.02 Å². The molecule has 0 saturated carbocycles. The number of nitrogens with one attached hydrogen (secondary N) is 1. The van der Waals surface area contributed by atoms with Gasteiger partial charge in [0, 0.05) is 17.4 Å². The van der Waals surface area contributed by atoms with Gasteiger partial charge >= 0.3 is 0 Å². The van der Waals surface area contributed by atoms with Crippen LogP contribution in [0.15, 0.2) is 32.7 Å². The minimum atomic E-state index is -0.0166. The first-order chi connectivity index (χ1) is 8.06. The molecule has 0 radical (unpaired) electrons. The van der Waals surface area contributed by atoms with Gasteiger partial charge in [0.2, 0.25) is 5.89 Å². The van der Waals surface area contributed by atoms with Gasteiger partial charge in [-0.2, -0.15) is 0 Å². The summed E-state index contributed by atoms with van der Waals surface area (Å²) in [6, 6.07) is 5.12. The van der Waals surface area contributed by atoms with Gasteiger partial charge in [-0.05, 0) is 23.9 Å². The second-order valence-electron chi connectivity index (χ2n) is 3.25. The summed E-state index contributed by atoms with van der Waals surface area (Å²) in [5, 5.41) is 15.8. The number of benzene rings is 1. The maximum absolute atomic E-state index is 7.30. The second-order valence-corrected chi connectivity index (χ2v) is 4.65. The number of nitrogens with zero attached hydrogens (tertiary/aromatic N) is 2. The number of aromatic nitrogens is 2. The number of rotatable bonds is 3. The van der Waals surface area contributed by atoms with Crippen LogP contribution >= 0.6 is 23.4 Å². The lowest BCUT2D eigenvalue weighted by Crippen LogP contribution is -2.10. The van der Waals surface area contributed by atoms with Crippen molar-refractivity contribution in [2.24, 2.45) is 5.73 Å². The number of aryl methyl sites for hydroxylation is 1. The summed E-state index contributed by atoms with van der Waals surface area (Å²) in [5.74, 6) is 0.487. The highest BCUT2D eigenvalue weighted by atomic mass is 35.5. The molecule has 5 nitrogen and oxygen atoms in total. The highest BCUT2D eigenvalue weighted by Crippen LogP contribution is 2.32. The summed E-state index contributed by atoms with van der Waals surface area (Å²) in [6.07, 6.45) is 0. The maximum Gasteiger partial charge on any atom is 0.281 e. The minimum absolute atomic E-state index is 0.0166. The van der Waals surface area contributed by atoms with E-state index in [2.05, 4.69) is 10.2 Å². The topological polar surface area (TPSA) is 88.8 Å². The predicted octanol–water partition coefficient (Wildman–Crippen LogP) is 2.47. The molecule has 0 bridgehead atoms. The first kappa shape index (κ1) is 11.9. The summed E-state index contributed by atoms with van der Waals surface area (Å²) >= 11 is 7.34. The van der Waals surface area contributed by atoms with Gasteiger partial charge in [0.1, 0.15) is 5.84 Å². The molecule has 0 fully saturated rings. The average molecular weight is 269 g/mol. The van der Waals surface area contributed by atoms with E-state index in [-0.39, 0.29) is 5.84 Å². The molecule has 2 rings (SSSR count). The van der Waals surface area contributed by atoms with E-state index in [0.717, 1.165) is 4.90 Å². The van der Waals surface area contributed by atoms with Crippen molar-refractivity contribution >= 4 is 29.2 Å². The number of hydrogen-bond donors (Lipinski definition) is 2. The SMILES string of the molecule is Cc1nnc(Sc2ccc(C(=N)N)cc2Cl)o1. The zero-order valence-corrected chi connectivity index (χ0v) is 10.5. The van der Waals surface area contributed by atoms with E-state index in [1.807, 2.05) is 0 Å². The van der Waals surface area contributed by atoms with Gasteiger partial charge in [0.15, 0.2) is 0 Å². The summed E-state index contributed by atoms with van der Waals surface area (Å²) in [7, 11) is 0. The van der Waals surface area contributed by atoms with Crippen molar-refractivity contribution in [3.63, 3.8) is 0 Å². The fourth-order valence-electron chi connectivity index (χ4n) is 1.16. The first-order valence-corrected chi connectivity index (χ1v) is 5.87. The molecule has 1 heterocycles. The zero-order valence-electron chi connectivity index (χ0n) is 8.90. The zero-order chi connectivity index (χ0) is 12.4. The maximum atomic E-state index is 7.30. The molecule has 1 aromatic carbocycles. The third kappa shape index (κ3) is 2.78. The molecule has 2 aromatic rings. The molecule has 17 heavy (non-hydrogen) atoms. The van der Waals surface area contributed by atoms with E-state index in [1.165, 1.54) is 11.8 Å². The Morgan fingerprint density at radius 2 is 2.24 bits per heavy atom. The number of hydrogen-bond acceptors (Lipinski definition) is 5. The van der Waals surface area contributed by atoms with Crippen LogP contribution < -0.4 is 5.73 Å². The summed E-state index contributed by atoms with van der Waals surface area (Å²) < 4.78 is 5.24. The van der Waals surface area contributed by atoms with Crippen molar-refractivity contribution in [1.29, 1.82) is 5.41 Å². The van der Waals surface area contributed by atoms with Gasteiger partial charge in [-0.25, -0.2) is 0 Å². The van der Waals surface area contributed by atoms with E-state index in [4.69, 9.17) is 27.2 Å². The minimum Gasteiger partial charge on any atom is -0.416 e. The molecule has 7 heteroatoms. The van der Waals surface area contributed by atoms with Crippen molar-refractivity contribution in [1.82, 2.24) is 10.2 Å². The Morgan fingerprint density at radius 3 is 2.76 bits per heavy atom. The summed E-state index contributed by atoms with van der Waals surface area (Å²) in [5.41, 5.74) is 5.95. The van der Waals surface area contributed by atoms with Crippen LogP contribution in [0.2, 0.25) is 5.02 Å². The molecule has 0 aliphatic carbocycles. The molecule has 0 unspecified atom stereocenters. The Bertz CT molecular complexity index is 569. The van der Waals surface area contributed by atoms with Crippen LogP contribution in [-0.2, 0) is 0 Å². The van der Waals surface area contributed by atoms with Gasteiger partial charge in [-0.15, -0.1) is 10.2 Å². The molecule has 3 N–H and O–H groups in total. The Hall–Kier alpha value is -1.53. The van der Waals surface area contributed by atoms with E-state index >= 15 is 0 Å². The van der Waals surface area contributed by atoms with Crippen LogP contribution in [0, 0.1) is 12.3 Å². The molecule has 88 valence electrons. The monoisotopic (exact) mass is 268 g/mol. The molecular weight excluding hydrogens is 260 g/mol. The third-order valence-electron chi connectivity index (χ3n) is 1.95.